The van der Waals surface area contributed by atoms with Gasteiger partial charge in [-0.2, -0.15) is 0 Å². The molecule has 0 spiro atoms. The first kappa shape index (κ1) is 12.8. The minimum absolute atomic E-state index is 0.0551. The van der Waals surface area contributed by atoms with Crippen LogP contribution in [0.4, 0.5) is 0 Å². The highest BCUT2D eigenvalue weighted by atomic mass is 16.1. The van der Waals surface area contributed by atoms with E-state index in [4.69, 9.17) is 4.98 Å². The maximum absolute atomic E-state index is 12.3. The Bertz CT molecular complexity index is 735. The lowest BCUT2D eigenvalue weighted by Crippen LogP contribution is -2.32. The Balaban J connectivity index is 1.81. The van der Waals surface area contributed by atoms with Crippen LogP contribution in [0.2, 0.25) is 0 Å². The first-order valence-electron chi connectivity index (χ1n) is 7.73. The van der Waals surface area contributed by atoms with Crippen LogP contribution < -0.4 is 10.9 Å². The summed E-state index contributed by atoms with van der Waals surface area (Å²) in [5.74, 6) is 1.07. The van der Waals surface area contributed by atoms with Crippen LogP contribution in [-0.2, 0) is 19.4 Å². The molecule has 1 aliphatic heterocycles. The lowest BCUT2D eigenvalue weighted by atomic mass is 9.82. The third-order valence-corrected chi connectivity index (χ3v) is 4.66. The molecule has 0 bridgehead atoms. The number of nitrogens with one attached hydrogen (secondary N) is 2. The fourth-order valence-corrected chi connectivity index (χ4v) is 3.59. The molecule has 4 heteroatoms. The molecule has 0 fully saturated rings. The number of H-pyrrole nitrogens is 1. The number of aromatic nitrogens is 2. The summed E-state index contributed by atoms with van der Waals surface area (Å²) >= 11 is 0. The largest absolute Gasteiger partial charge is 0.311 e. The van der Waals surface area contributed by atoms with Gasteiger partial charge in [-0.1, -0.05) is 24.3 Å². The first-order chi connectivity index (χ1) is 10.3. The molecule has 108 valence electrons. The Morgan fingerprint density at radius 3 is 3.05 bits per heavy atom. The zero-order valence-electron chi connectivity index (χ0n) is 12.0. The summed E-state index contributed by atoms with van der Waals surface area (Å²) in [6, 6.07) is 8.54. The van der Waals surface area contributed by atoms with Gasteiger partial charge in [0.25, 0.3) is 5.56 Å². The van der Waals surface area contributed by atoms with Crippen molar-refractivity contribution in [3.05, 3.63) is 62.8 Å². The van der Waals surface area contributed by atoms with Gasteiger partial charge in [0.15, 0.2) is 0 Å². The predicted octanol–water partition coefficient (Wildman–Crippen LogP) is 1.88. The summed E-state index contributed by atoms with van der Waals surface area (Å²) in [5.41, 5.74) is 4.58. The average Bonchev–Trinajstić information content (AvgIpc) is 2.54. The molecule has 1 aromatic heterocycles. The fourth-order valence-electron chi connectivity index (χ4n) is 3.59. The van der Waals surface area contributed by atoms with Crippen molar-refractivity contribution in [3.8, 4) is 0 Å². The molecular formula is C17H19N3O. The van der Waals surface area contributed by atoms with E-state index in [1.807, 2.05) is 0 Å². The summed E-state index contributed by atoms with van der Waals surface area (Å²) in [4.78, 5) is 20.1. The molecule has 2 heterocycles. The van der Waals surface area contributed by atoms with E-state index in [0.29, 0.717) is 6.54 Å². The maximum Gasteiger partial charge on any atom is 0.254 e. The number of aryl methyl sites for hydroxylation is 1. The highest BCUT2D eigenvalue weighted by Crippen LogP contribution is 2.34. The molecule has 0 radical (unpaired) electrons. The Morgan fingerprint density at radius 1 is 1.19 bits per heavy atom. The topological polar surface area (TPSA) is 57.8 Å². The van der Waals surface area contributed by atoms with Gasteiger partial charge in [-0.05, 0) is 43.4 Å². The molecule has 4 rings (SSSR count). The Morgan fingerprint density at radius 2 is 2.10 bits per heavy atom. The van der Waals surface area contributed by atoms with Crippen LogP contribution in [-0.4, -0.2) is 16.5 Å². The second-order valence-electron chi connectivity index (χ2n) is 5.95. The van der Waals surface area contributed by atoms with Gasteiger partial charge >= 0.3 is 0 Å². The van der Waals surface area contributed by atoms with Crippen LogP contribution in [0.15, 0.2) is 29.1 Å². The summed E-state index contributed by atoms with van der Waals surface area (Å²) in [7, 11) is 0. The molecule has 0 amide bonds. The molecule has 2 aromatic rings. The van der Waals surface area contributed by atoms with Gasteiger partial charge in [0.1, 0.15) is 5.82 Å². The molecule has 1 aliphatic carbocycles. The summed E-state index contributed by atoms with van der Waals surface area (Å²) < 4.78 is 0. The second kappa shape index (κ2) is 5.11. The molecule has 2 N–H and O–H groups in total. The van der Waals surface area contributed by atoms with E-state index in [0.717, 1.165) is 49.3 Å². The minimum atomic E-state index is 0.0551. The molecule has 4 nitrogen and oxygen atoms in total. The molecular weight excluding hydrogens is 262 g/mol. The lowest BCUT2D eigenvalue weighted by molar-refractivity contribution is 0.565. The molecule has 0 saturated carbocycles. The van der Waals surface area contributed by atoms with Crippen LogP contribution in [0.5, 0.6) is 0 Å². The smallest absolute Gasteiger partial charge is 0.254 e. The van der Waals surface area contributed by atoms with Gasteiger partial charge in [-0.15, -0.1) is 0 Å². The number of benzene rings is 1. The van der Waals surface area contributed by atoms with Gasteiger partial charge in [0.05, 0.1) is 5.69 Å². The zero-order valence-corrected chi connectivity index (χ0v) is 12.0. The highest BCUT2D eigenvalue weighted by molar-refractivity contribution is 5.37. The third kappa shape index (κ3) is 2.20. The molecule has 1 unspecified atom stereocenters. The van der Waals surface area contributed by atoms with Gasteiger partial charge in [-0.3, -0.25) is 4.79 Å². The number of fused-ring (bicyclic) bond motifs is 2. The van der Waals surface area contributed by atoms with Crippen molar-refractivity contribution >= 4 is 0 Å². The van der Waals surface area contributed by atoms with Crippen molar-refractivity contribution in [1.82, 2.24) is 15.3 Å². The zero-order chi connectivity index (χ0) is 14.2. The molecule has 1 aromatic carbocycles. The second-order valence-corrected chi connectivity index (χ2v) is 5.95. The fraction of sp³-hybridized carbons (Fsp3) is 0.412. The highest BCUT2D eigenvalue weighted by Gasteiger charge is 2.25. The van der Waals surface area contributed by atoms with Gasteiger partial charge in [0.2, 0.25) is 0 Å². The van der Waals surface area contributed by atoms with E-state index in [1.165, 1.54) is 11.1 Å². The van der Waals surface area contributed by atoms with Crippen LogP contribution in [0.25, 0.3) is 0 Å². The minimum Gasteiger partial charge on any atom is -0.311 e. The van der Waals surface area contributed by atoms with Crippen molar-refractivity contribution in [2.45, 2.75) is 38.1 Å². The summed E-state index contributed by atoms with van der Waals surface area (Å²) in [5, 5.41) is 3.30. The number of rotatable bonds is 1. The van der Waals surface area contributed by atoms with E-state index in [2.05, 4.69) is 34.6 Å². The quantitative estimate of drug-likeness (QED) is 0.839. The van der Waals surface area contributed by atoms with Crippen LogP contribution >= 0.6 is 0 Å². The van der Waals surface area contributed by atoms with E-state index in [9.17, 15) is 4.79 Å². The van der Waals surface area contributed by atoms with E-state index in [-0.39, 0.29) is 11.5 Å². The van der Waals surface area contributed by atoms with Gasteiger partial charge in [-0.25, -0.2) is 4.98 Å². The number of nitrogens with zero attached hydrogens (tertiary/aromatic N) is 1. The van der Waals surface area contributed by atoms with E-state index >= 15 is 0 Å². The lowest BCUT2D eigenvalue weighted by Gasteiger charge is -2.26. The van der Waals surface area contributed by atoms with E-state index < -0.39 is 0 Å². The Kier molecular flexibility index (Phi) is 3.11. The number of hydrogen-bond donors (Lipinski definition) is 2. The predicted molar refractivity (Wildman–Crippen MR) is 81.5 cm³/mol. The van der Waals surface area contributed by atoms with E-state index in [1.54, 1.807) is 0 Å². The molecule has 2 aliphatic rings. The summed E-state index contributed by atoms with van der Waals surface area (Å²) in [6.45, 7) is 1.57. The van der Waals surface area contributed by atoms with Crippen LogP contribution in [0, 0.1) is 0 Å². The molecule has 0 saturated heterocycles. The third-order valence-electron chi connectivity index (χ3n) is 4.66. The Hall–Kier alpha value is -1.94. The van der Waals surface area contributed by atoms with Crippen molar-refractivity contribution in [1.29, 1.82) is 0 Å². The van der Waals surface area contributed by atoms with Gasteiger partial charge in [0, 0.05) is 18.0 Å². The van der Waals surface area contributed by atoms with Crippen LogP contribution in [0.3, 0.4) is 0 Å². The van der Waals surface area contributed by atoms with Crippen molar-refractivity contribution < 1.29 is 0 Å². The molecule has 21 heavy (non-hydrogen) atoms. The summed E-state index contributed by atoms with van der Waals surface area (Å²) in [6.07, 6.45) is 4.12. The van der Waals surface area contributed by atoms with Crippen molar-refractivity contribution in [3.63, 3.8) is 0 Å². The number of aromatic amines is 1. The van der Waals surface area contributed by atoms with Crippen molar-refractivity contribution in [2.75, 3.05) is 6.54 Å². The normalized spacial score (nSPS) is 20.7. The standard InChI is InChI=1S/C17H19N3O/c21-17-14-8-9-18-10-15(14)19-16(20-17)13-7-3-5-11-4-1-2-6-12(11)13/h1-2,4,6,13,18H,3,5,7-10H2,(H,19,20,21). The van der Waals surface area contributed by atoms with Gasteiger partial charge < -0.3 is 10.3 Å². The van der Waals surface area contributed by atoms with Crippen molar-refractivity contribution in [2.24, 2.45) is 0 Å². The number of hydrogen-bond acceptors (Lipinski definition) is 3. The molecule has 1 atom stereocenters. The van der Waals surface area contributed by atoms with Crippen LogP contribution in [0.1, 0.15) is 47.0 Å². The first-order valence-corrected chi connectivity index (χ1v) is 7.73. The SMILES string of the molecule is O=c1[nH]c(C2CCCc3ccccc32)nc2c1CCNC2. The average molecular weight is 281 g/mol. The Labute approximate surface area is 123 Å². The monoisotopic (exact) mass is 281 g/mol. The maximum atomic E-state index is 12.3.